The van der Waals surface area contributed by atoms with Crippen LogP contribution in [0.4, 0.5) is 0 Å². The van der Waals surface area contributed by atoms with Crippen molar-refractivity contribution in [2.75, 3.05) is 0 Å². The second-order valence-corrected chi connectivity index (χ2v) is 5.18. The number of hydrogen-bond acceptors (Lipinski definition) is 3. The molecule has 0 saturated carbocycles. The molecule has 1 heterocycles. The Morgan fingerprint density at radius 1 is 1.27 bits per heavy atom. The van der Waals surface area contributed by atoms with E-state index >= 15 is 0 Å². The second-order valence-electron chi connectivity index (χ2n) is 4.24. The molecule has 2 rings (SSSR count). The van der Waals surface area contributed by atoms with Crippen molar-refractivity contribution in [1.82, 2.24) is 0 Å². The summed E-state index contributed by atoms with van der Waals surface area (Å²) in [6.45, 7) is 3.23. The molecule has 0 bridgehead atoms. The highest BCUT2D eigenvalue weighted by atomic mass is 32.1. The lowest BCUT2D eigenvalue weighted by Crippen LogP contribution is -2.28. The van der Waals surface area contributed by atoms with Crippen LogP contribution in [0.1, 0.15) is 25.5 Å². The molecular weight excluding hydrogens is 208 g/mol. The Balaban J connectivity index is 2.46. The highest BCUT2D eigenvalue weighted by Gasteiger charge is 2.29. The van der Waals surface area contributed by atoms with Crippen molar-refractivity contribution in [1.29, 1.82) is 0 Å². The van der Waals surface area contributed by atoms with Gasteiger partial charge in [0, 0.05) is 4.88 Å². The summed E-state index contributed by atoms with van der Waals surface area (Å²) in [5, 5.41) is 21.8. The van der Waals surface area contributed by atoms with E-state index in [0.29, 0.717) is 0 Å². The Bertz CT molecular complexity index is 428. The molecule has 0 unspecified atom stereocenters. The van der Waals surface area contributed by atoms with Crippen LogP contribution in [-0.4, -0.2) is 15.8 Å². The smallest absolute Gasteiger partial charge is 0.108 e. The summed E-state index contributed by atoms with van der Waals surface area (Å²) in [5.41, 5.74) is 0.716. The molecule has 2 N–H and O–H groups in total. The lowest BCUT2D eigenvalue weighted by atomic mass is 9.94. The van der Waals surface area contributed by atoms with Crippen LogP contribution >= 0.6 is 11.3 Å². The average molecular weight is 222 g/mol. The summed E-state index contributed by atoms with van der Waals surface area (Å²) in [4.78, 5) is 1.14. The normalized spacial score (nSPS) is 14.4. The van der Waals surface area contributed by atoms with Crippen LogP contribution in [0.5, 0.6) is 0 Å². The third kappa shape index (κ3) is 1.91. The minimum Gasteiger partial charge on any atom is -0.387 e. The van der Waals surface area contributed by atoms with Crippen LogP contribution in [0.25, 0.3) is 10.4 Å². The minimum absolute atomic E-state index is 0.800. The van der Waals surface area contributed by atoms with Crippen molar-refractivity contribution in [3.8, 4) is 10.4 Å². The molecule has 0 aromatic rings. The van der Waals surface area contributed by atoms with E-state index in [0.717, 1.165) is 16.0 Å². The van der Waals surface area contributed by atoms with Gasteiger partial charge in [-0.2, -0.15) is 0 Å². The molecule has 2 aliphatic rings. The Morgan fingerprint density at radius 3 is 2.67 bits per heavy atom. The molecular formula is C12H14O2S. The number of fused-ring (bicyclic) bond motifs is 1. The van der Waals surface area contributed by atoms with Crippen LogP contribution in [0.3, 0.4) is 0 Å². The topological polar surface area (TPSA) is 40.5 Å². The van der Waals surface area contributed by atoms with Crippen molar-refractivity contribution >= 4 is 11.3 Å². The summed E-state index contributed by atoms with van der Waals surface area (Å²) in [7, 11) is 0. The molecule has 0 spiro atoms. The highest BCUT2D eigenvalue weighted by Crippen LogP contribution is 2.38. The lowest BCUT2D eigenvalue weighted by Gasteiger charge is -2.25. The number of hydrogen-bond donors (Lipinski definition) is 2. The predicted molar refractivity (Wildman–Crippen MR) is 62.2 cm³/mol. The summed E-state index contributed by atoms with van der Waals surface area (Å²) in [5.74, 6) is 0. The monoisotopic (exact) mass is 222 g/mol. The SMILES string of the molecule is CC(C)(O)[C@H](O)c1ccc2scccc1-2. The van der Waals surface area contributed by atoms with E-state index < -0.39 is 11.7 Å². The summed E-state index contributed by atoms with van der Waals surface area (Å²) in [6.07, 6.45) is -0.843. The van der Waals surface area contributed by atoms with Crippen LogP contribution in [0.2, 0.25) is 0 Å². The van der Waals surface area contributed by atoms with E-state index in [1.165, 1.54) is 0 Å². The van der Waals surface area contributed by atoms with Crippen LogP contribution in [0, 0.1) is 0 Å². The standard InChI is InChI=1S/C12H14O2S/c1-12(2,14)11(13)9-5-6-10-8(9)4-3-7-15-10/h3-7,11,13-14H,1-2H3/t11-/m1/s1. The zero-order valence-corrected chi connectivity index (χ0v) is 9.58. The summed E-state index contributed by atoms with van der Waals surface area (Å²) < 4.78 is 0. The van der Waals surface area contributed by atoms with Crippen molar-refractivity contribution in [2.24, 2.45) is 0 Å². The second kappa shape index (κ2) is 3.59. The fraction of sp³-hybridized carbons (Fsp3) is 0.333. The molecule has 80 valence electrons. The van der Waals surface area contributed by atoms with Crippen LogP contribution in [0.15, 0.2) is 29.6 Å². The number of rotatable bonds is 2. The van der Waals surface area contributed by atoms with Gasteiger partial charge in [-0.1, -0.05) is 18.2 Å². The van der Waals surface area contributed by atoms with Gasteiger partial charge in [0.25, 0.3) is 0 Å². The molecule has 0 saturated heterocycles. The fourth-order valence-corrected chi connectivity index (χ4v) is 2.40. The van der Waals surface area contributed by atoms with Gasteiger partial charge in [0.05, 0.1) is 5.60 Å². The van der Waals surface area contributed by atoms with Gasteiger partial charge in [-0.05, 0) is 36.4 Å². The molecule has 3 heteroatoms. The number of aliphatic hydroxyl groups is 2. The first kappa shape index (κ1) is 10.6. The van der Waals surface area contributed by atoms with Crippen LogP contribution in [-0.2, 0) is 0 Å². The van der Waals surface area contributed by atoms with Gasteiger partial charge in [-0.3, -0.25) is 0 Å². The maximum atomic E-state index is 10.00. The maximum Gasteiger partial charge on any atom is 0.108 e. The van der Waals surface area contributed by atoms with Crippen molar-refractivity contribution in [3.05, 3.63) is 35.2 Å². The molecule has 0 amide bonds. The zero-order chi connectivity index (χ0) is 11.1. The Hall–Kier alpha value is -0.900. The Labute approximate surface area is 93.2 Å². The quantitative estimate of drug-likeness (QED) is 0.820. The fourth-order valence-electron chi connectivity index (χ4n) is 1.64. The highest BCUT2D eigenvalue weighted by molar-refractivity contribution is 7.13. The molecule has 0 aromatic carbocycles. The number of aliphatic hydroxyl groups excluding tert-OH is 1. The molecule has 0 radical (unpaired) electrons. The summed E-state index contributed by atoms with van der Waals surface area (Å²) in [6, 6.07) is 7.78. The zero-order valence-electron chi connectivity index (χ0n) is 8.77. The van der Waals surface area contributed by atoms with Gasteiger partial charge in [-0.15, -0.1) is 11.3 Å². The van der Waals surface area contributed by atoms with Gasteiger partial charge in [-0.25, -0.2) is 0 Å². The van der Waals surface area contributed by atoms with Gasteiger partial charge >= 0.3 is 0 Å². The summed E-state index contributed by atoms with van der Waals surface area (Å²) >= 11 is 1.63. The van der Waals surface area contributed by atoms with Gasteiger partial charge in [0.1, 0.15) is 6.10 Å². The minimum atomic E-state index is -1.11. The molecule has 1 atom stereocenters. The van der Waals surface area contributed by atoms with Gasteiger partial charge < -0.3 is 10.2 Å². The van der Waals surface area contributed by atoms with Crippen molar-refractivity contribution in [3.63, 3.8) is 0 Å². The maximum absolute atomic E-state index is 10.00. The van der Waals surface area contributed by atoms with E-state index in [-0.39, 0.29) is 0 Å². The lowest BCUT2D eigenvalue weighted by molar-refractivity contribution is -0.0492. The Kier molecular flexibility index (Phi) is 2.54. The largest absolute Gasteiger partial charge is 0.387 e. The predicted octanol–water partition coefficient (Wildman–Crippen LogP) is 2.66. The van der Waals surface area contributed by atoms with E-state index in [9.17, 15) is 10.2 Å². The molecule has 1 aliphatic carbocycles. The van der Waals surface area contributed by atoms with Crippen LogP contribution < -0.4 is 0 Å². The molecule has 15 heavy (non-hydrogen) atoms. The van der Waals surface area contributed by atoms with Gasteiger partial charge in [0.15, 0.2) is 0 Å². The third-order valence-electron chi connectivity index (χ3n) is 2.49. The first-order chi connectivity index (χ1) is 7.00. The first-order valence-corrected chi connectivity index (χ1v) is 5.74. The Morgan fingerprint density at radius 2 is 2.00 bits per heavy atom. The van der Waals surface area contributed by atoms with Crippen molar-refractivity contribution in [2.45, 2.75) is 25.6 Å². The van der Waals surface area contributed by atoms with E-state index in [2.05, 4.69) is 0 Å². The molecule has 0 aromatic heterocycles. The average Bonchev–Trinajstić information content (AvgIpc) is 2.58. The van der Waals surface area contributed by atoms with Gasteiger partial charge in [0.2, 0.25) is 0 Å². The van der Waals surface area contributed by atoms with E-state index in [4.69, 9.17) is 0 Å². The third-order valence-corrected chi connectivity index (χ3v) is 3.39. The van der Waals surface area contributed by atoms with Crippen molar-refractivity contribution < 1.29 is 10.2 Å². The molecule has 1 aliphatic heterocycles. The van der Waals surface area contributed by atoms with E-state index in [1.807, 2.05) is 29.6 Å². The molecule has 0 fully saturated rings. The first-order valence-electron chi connectivity index (χ1n) is 4.87. The molecule has 2 nitrogen and oxygen atoms in total. The van der Waals surface area contributed by atoms with E-state index in [1.54, 1.807) is 25.2 Å².